The zero-order valence-electron chi connectivity index (χ0n) is 9.69. The molecule has 3 rings (SSSR count). The number of aryl methyl sites for hydroxylation is 1. The second-order valence-electron chi connectivity index (χ2n) is 4.20. The molecule has 3 aromatic rings. The third kappa shape index (κ3) is 2.04. The van der Waals surface area contributed by atoms with Gasteiger partial charge in [0.25, 0.3) is 0 Å². The van der Waals surface area contributed by atoms with Crippen molar-refractivity contribution in [2.45, 2.75) is 6.92 Å². The van der Waals surface area contributed by atoms with Gasteiger partial charge < -0.3 is 4.40 Å². The molecule has 2 aromatic heterocycles. The lowest BCUT2D eigenvalue weighted by Gasteiger charge is -2.00. The van der Waals surface area contributed by atoms with Crippen LogP contribution in [0.15, 0.2) is 47.2 Å². The third-order valence-corrected chi connectivity index (χ3v) is 3.76. The van der Waals surface area contributed by atoms with Gasteiger partial charge in [0, 0.05) is 27.5 Å². The molecule has 2 nitrogen and oxygen atoms in total. The lowest BCUT2D eigenvalue weighted by Crippen LogP contribution is -1.80. The summed E-state index contributed by atoms with van der Waals surface area (Å²) in [7, 11) is 0. The number of hydrogen-bond acceptors (Lipinski definition) is 1. The van der Waals surface area contributed by atoms with E-state index < -0.39 is 0 Å². The van der Waals surface area contributed by atoms with E-state index in [9.17, 15) is 0 Å². The summed E-state index contributed by atoms with van der Waals surface area (Å²) in [5.74, 6) is 0. The van der Waals surface area contributed by atoms with Gasteiger partial charge in [-0.3, -0.25) is 0 Å². The van der Waals surface area contributed by atoms with Gasteiger partial charge in [0.2, 0.25) is 0 Å². The molecule has 0 aliphatic heterocycles. The highest BCUT2D eigenvalue weighted by Gasteiger charge is 2.06. The number of aromatic nitrogens is 2. The van der Waals surface area contributed by atoms with E-state index in [1.54, 1.807) is 0 Å². The van der Waals surface area contributed by atoms with E-state index in [0.717, 1.165) is 32.0 Å². The molecule has 90 valence electrons. The van der Waals surface area contributed by atoms with Gasteiger partial charge in [0.1, 0.15) is 5.65 Å². The maximum atomic E-state index is 6.15. The highest BCUT2D eigenvalue weighted by molar-refractivity contribution is 9.10. The molecule has 1 aromatic carbocycles. The van der Waals surface area contributed by atoms with E-state index in [2.05, 4.69) is 20.9 Å². The molecule has 0 atom stereocenters. The van der Waals surface area contributed by atoms with Gasteiger partial charge in [-0.05, 0) is 46.6 Å². The zero-order chi connectivity index (χ0) is 12.7. The summed E-state index contributed by atoms with van der Waals surface area (Å²) in [6.07, 6.45) is 3.99. The fourth-order valence-corrected chi connectivity index (χ4v) is 2.39. The molecule has 18 heavy (non-hydrogen) atoms. The predicted octanol–water partition coefficient (Wildman–Crippen LogP) is 4.73. The molecular formula is C14H10BrClN2. The molecule has 0 amide bonds. The highest BCUT2D eigenvalue weighted by atomic mass is 79.9. The molecule has 0 saturated carbocycles. The first-order chi connectivity index (χ1) is 8.63. The number of hydrogen-bond donors (Lipinski definition) is 0. The van der Waals surface area contributed by atoms with Crippen molar-refractivity contribution in [3.63, 3.8) is 0 Å². The Kier molecular flexibility index (Phi) is 2.88. The molecule has 0 saturated heterocycles. The third-order valence-electron chi connectivity index (χ3n) is 2.88. The highest BCUT2D eigenvalue weighted by Crippen LogP contribution is 2.25. The monoisotopic (exact) mass is 320 g/mol. The van der Waals surface area contributed by atoms with Crippen molar-refractivity contribution in [1.29, 1.82) is 0 Å². The quantitative estimate of drug-likeness (QED) is 0.633. The average molecular weight is 322 g/mol. The Morgan fingerprint density at radius 3 is 2.78 bits per heavy atom. The Morgan fingerprint density at radius 2 is 2.00 bits per heavy atom. The van der Waals surface area contributed by atoms with Crippen LogP contribution in [-0.2, 0) is 0 Å². The fraction of sp³-hybridized carbons (Fsp3) is 0.0714. The molecule has 0 N–H and O–H groups in total. The van der Waals surface area contributed by atoms with Crippen LogP contribution in [0, 0.1) is 6.92 Å². The van der Waals surface area contributed by atoms with Crippen molar-refractivity contribution in [2.24, 2.45) is 0 Å². The summed E-state index contributed by atoms with van der Waals surface area (Å²) in [4.78, 5) is 4.58. The first-order valence-corrected chi connectivity index (χ1v) is 6.71. The Bertz CT molecular complexity index is 734. The number of pyridine rings is 1. The minimum Gasteiger partial charge on any atom is -0.305 e. The van der Waals surface area contributed by atoms with Crippen LogP contribution in [-0.4, -0.2) is 9.38 Å². The van der Waals surface area contributed by atoms with Crippen LogP contribution in [0.4, 0.5) is 0 Å². The van der Waals surface area contributed by atoms with Crippen LogP contribution in [0.5, 0.6) is 0 Å². The number of halogens is 2. The normalized spacial score (nSPS) is 11.1. The van der Waals surface area contributed by atoms with Crippen molar-refractivity contribution >= 4 is 33.2 Å². The van der Waals surface area contributed by atoms with Gasteiger partial charge in [0.05, 0.1) is 5.69 Å². The van der Waals surface area contributed by atoms with Crippen molar-refractivity contribution < 1.29 is 0 Å². The van der Waals surface area contributed by atoms with E-state index >= 15 is 0 Å². The lowest BCUT2D eigenvalue weighted by atomic mass is 10.1. The Labute approximate surface area is 118 Å². The van der Waals surface area contributed by atoms with Crippen molar-refractivity contribution in [3.8, 4) is 11.3 Å². The maximum absolute atomic E-state index is 6.15. The number of fused-ring (bicyclic) bond motifs is 1. The van der Waals surface area contributed by atoms with Crippen LogP contribution < -0.4 is 0 Å². The van der Waals surface area contributed by atoms with Gasteiger partial charge in [0.15, 0.2) is 0 Å². The topological polar surface area (TPSA) is 17.3 Å². The van der Waals surface area contributed by atoms with Gasteiger partial charge in [-0.15, -0.1) is 0 Å². The number of rotatable bonds is 1. The maximum Gasteiger partial charge on any atom is 0.137 e. The van der Waals surface area contributed by atoms with Crippen LogP contribution in [0.3, 0.4) is 0 Å². The minimum atomic E-state index is 0.769. The smallest absolute Gasteiger partial charge is 0.137 e. The summed E-state index contributed by atoms with van der Waals surface area (Å²) >= 11 is 9.59. The first kappa shape index (κ1) is 11.8. The predicted molar refractivity (Wildman–Crippen MR) is 78.1 cm³/mol. The lowest BCUT2D eigenvalue weighted by molar-refractivity contribution is 1.17. The molecule has 2 heterocycles. The molecule has 0 aliphatic rings. The van der Waals surface area contributed by atoms with E-state index in [4.69, 9.17) is 11.6 Å². The summed E-state index contributed by atoms with van der Waals surface area (Å²) in [6.45, 7) is 1.99. The zero-order valence-corrected chi connectivity index (χ0v) is 12.0. The van der Waals surface area contributed by atoms with Crippen molar-refractivity contribution in [2.75, 3.05) is 0 Å². The van der Waals surface area contributed by atoms with Crippen LogP contribution in [0.25, 0.3) is 16.9 Å². The fourth-order valence-electron chi connectivity index (χ4n) is 1.86. The van der Waals surface area contributed by atoms with Gasteiger partial charge in [-0.2, -0.15) is 0 Å². The van der Waals surface area contributed by atoms with Crippen LogP contribution in [0.1, 0.15) is 5.56 Å². The molecular weight excluding hydrogens is 312 g/mol. The van der Waals surface area contributed by atoms with E-state index in [1.165, 1.54) is 0 Å². The second-order valence-corrected chi connectivity index (χ2v) is 5.53. The largest absolute Gasteiger partial charge is 0.305 e. The summed E-state index contributed by atoms with van der Waals surface area (Å²) in [6, 6.07) is 9.96. The SMILES string of the molecule is Cc1ccc(-c2cn3cc(Br)ccc3n2)cc1Cl. The standard InChI is InChI=1S/C14H10BrClN2/c1-9-2-3-10(6-12(9)16)13-8-18-7-11(15)4-5-14(18)17-13/h2-8H,1H3. The van der Waals surface area contributed by atoms with Crippen LogP contribution in [0.2, 0.25) is 5.02 Å². The summed E-state index contributed by atoms with van der Waals surface area (Å²) in [5, 5.41) is 0.769. The molecule has 0 fully saturated rings. The van der Waals surface area contributed by atoms with Gasteiger partial charge in [-0.25, -0.2) is 4.98 Å². The summed E-state index contributed by atoms with van der Waals surface area (Å²) in [5.41, 5.74) is 3.96. The molecule has 0 aliphatic carbocycles. The van der Waals surface area contributed by atoms with Crippen LogP contribution >= 0.6 is 27.5 Å². The Hall–Kier alpha value is -1.32. The Balaban J connectivity index is 2.16. The Morgan fingerprint density at radius 1 is 1.17 bits per heavy atom. The number of benzene rings is 1. The van der Waals surface area contributed by atoms with Gasteiger partial charge in [-0.1, -0.05) is 23.7 Å². The molecule has 4 heteroatoms. The van der Waals surface area contributed by atoms with Crippen molar-refractivity contribution in [3.05, 3.63) is 57.8 Å². The minimum absolute atomic E-state index is 0.769. The number of imidazole rings is 1. The molecule has 0 spiro atoms. The van der Waals surface area contributed by atoms with E-state index in [1.807, 2.05) is 54.0 Å². The number of nitrogens with zero attached hydrogens (tertiary/aromatic N) is 2. The van der Waals surface area contributed by atoms with Gasteiger partial charge >= 0.3 is 0 Å². The van der Waals surface area contributed by atoms with E-state index in [0.29, 0.717) is 0 Å². The molecule has 0 bridgehead atoms. The van der Waals surface area contributed by atoms with Crippen molar-refractivity contribution in [1.82, 2.24) is 9.38 Å². The first-order valence-electron chi connectivity index (χ1n) is 5.54. The van der Waals surface area contributed by atoms with E-state index in [-0.39, 0.29) is 0 Å². The average Bonchev–Trinajstić information content (AvgIpc) is 2.75. The summed E-state index contributed by atoms with van der Waals surface area (Å²) < 4.78 is 3.02. The molecule has 0 unspecified atom stereocenters. The second kappa shape index (κ2) is 4.41. The molecule has 0 radical (unpaired) electrons.